The average molecular weight is 1090 g/mol. The molecule has 6 nitrogen and oxygen atoms in total. The summed E-state index contributed by atoms with van der Waals surface area (Å²) in [5.41, 5.74) is 0. The first kappa shape index (κ1) is 74.3. The summed E-state index contributed by atoms with van der Waals surface area (Å²) in [5.74, 6) is -0.893. The summed E-state index contributed by atoms with van der Waals surface area (Å²) in [5, 5.41) is 0. The van der Waals surface area contributed by atoms with Gasteiger partial charge < -0.3 is 14.2 Å². The van der Waals surface area contributed by atoms with E-state index in [0.29, 0.717) is 19.3 Å². The van der Waals surface area contributed by atoms with Crippen LogP contribution in [0, 0.1) is 0 Å². The van der Waals surface area contributed by atoms with Crippen LogP contribution in [0.5, 0.6) is 0 Å². The number of hydrogen-bond acceptors (Lipinski definition) is 6. The van der Waals surface area contributed by atoms with Gasteiger partial charge >= 0.3 is 17.9 Å². The molecule has 6 heteroatoms. The predicted molar refractivity (Wildman–Crippen MR) is 339 cm³/mol. The van der Waals surface area contributed by atoms with Crippen molar-refractivity contribution >= 4 is 17.9 Å². The van der Waals surface area contributed by atoms with Gasteiger partial charge in [-0.2, -0.15) is 0 Å². The van der Waals surface area contributed by atoms with Crippen molar-refractivity contribution in [2.24, 2.45) is 0 Å². The van der Waals surface area contributed by atoms with E-state index < -0.39 is 6.10 Å². The lowest BCUT2D eigenvalue weighted by Gasteiger charge is -2.18. The van der Waals surface area contributed by atoms with E-state index in [1.54, 1.807) is 0 Å². The van der Waals surface area contributed by atoms with Crippen molar-refractivity contribution in [1.82, 2.24) is 0 Å². The molecule has 78 heavy (non-hydrogen) atoms. The minimum Gasteiger partial charge on any atom is -0.462 e. The number of rotatable bonds is 60. The Balaban J connectivity index is 4.36. The Morgan fingerprint density at radius 1 is 0.269 bits per heavy atom. The molecule has 0 bridgehead atoms. The summed E-state index contributed by atoms with van der Waals surface area (Å²) in [4.78, 5) is 38.4. The molecule has 0 amide bonds. The Bertz CT molecular complexity index is 1530. The van der Waals surface area contributed by atoms with Crippen LogP contribution in [0.15, 0.2) is 97.2 Å². The second kappa shape index (κ2) is 65.8. The SMILES string of the molecule is CC/C=C\C/C=C\C/C=C\C/C=C\C/C=C\C/C=C\CCCCCCCCCCC(=O)OCC(COC(=O)CCCCCCC/C=C\CCCCCCCCC)OC(=O)CCCCCCCCC/C=C\CCCCCCCC. The fourth-order valence-corrected chi connectivity index (χ4v) is 9.32. The molecule has 0 radical (unpaired) electrons. The van der Waals surface area contributed by atoms with Crippen LogP contribution in [0.2, 0.25) is 0 Å². The molecule has 0 rings (SSSR count). The lowest BCUT2D eigenvalue weighted by Crippen LogP contribution is -2.30. The molecule has 0 heterocycles. The van der Waals surface area contributed by atoms with E-state index in [9.17, 15) is 14.4 Å². The van der Waals surface area contributed by atoms with Crippen molar-refractivity contribution in [3.63, 3.8) is 0 Å². The summed E-state index contributed by atoms with van der Waals surface area (Å²) in [6.45, 7) is 6.53. The van der Waals surface area contributed by atoms with E-state index >= 15 is 0 Å². The third kappa shape index (κ3) is 63.2. The van der Waals surface area contributed by atoms with Crippen molar-refractivity contribution in [3.05, 3.63) is 97.2 Å². The molecule has 0 aliphatic heterocycles. The van der Waals surface area contributed by atoms with Crippen LogP contribution in [0.25, 0.3) is 0 Å². The summed E-state index contributed by atoms with van der Waals surface area (Å²) >= 11 is 0. The van der Waals surface area contributed by atoms with Gasteiger partial charge in [0.15, 0.2) is 6.10 Å². The highest BCUT2D eigenvalue weighted by molar-refractivity contribution is 5.71. The van der Waals surface area contributed by atoms with Crippen molar-refractivity contribution < 1.29 is 28.6 Å². The van der Waals surface area contributed by atoms with E-state index in [1.165, 1.54) is 173 Å². The Morgan fingerprint density at radius 2 is 0.500 bits per heavy atom. The number of allylic oxidation sites excluding steroid dienone is 16. The van der Waals surface area contributed by atoms with Gasteiger partial charge in [-0.05, 0) is 122 Å². The molecule has 0 fully saturated rings. The van der Waals surface area contributed by atoms with E-state index in [0.717, 1.165) is 109 Å². The molecule has 0 aromatic rings. The average Bonchev–Trinajstić information content (AvgIpc) is 3.44. The Hall–Kier alpha value is -3.67. The molecule has 0 N–H and O–H groups in total. The second-order valence-electron chi connectivity index (χ2n) is 22.0. The molecule has 0 spiro atoms. The Kier molecular flexibility index (Phi) is 62.7. The topological polar surface area (TPSA) is 78.9 Å². The Labute approximate surface area is 483 Å². The molecule has 1 unspecified atom stereocenters. The molecular formula is C72H124O6. The number of carbonyl (C=O) groups is 3. The van der Waals surface area contributed by atoms with E-state index in [2.05, 4.69) is 118 Å². The molecule has 1 atom stereocenters. The maximum Gasteiger partial charge on any atom is 0.306 e. The fraction of sp³-hybridized carbons (Fsp3) is 0.736. The lowest BCUT2D eigenvalue weighted by molar-refractivity contribution is -0.167. The molecule has 0 saturated heterocycles. The molecule has 448 valence electrons. The standard InChI is InChI=1S/C72H124O6/c1-4-7-10-13-16-19-22-25-28-31-32-33-34-35-36-37-38-39-40-42-44-47-50-53-56-59-62-65-71(74)77-68-69(67-76-70(73)64-61-58-55-52-49-46-43-30-27-24-21-18-15-12-9-6-3)78-72(75)66-63-60-57-54-51-48-45-41-29-26-23-20-17-14-11-8-5-2/h7,10,16,19,25-26,28-30,32-33,35-36,38-39,43,69H,4-6,8-9,11-15,17-18,20-24,27,31,34,37,40-42,44-68H2,1-3H3/b10-7-,19-16-,28-25-,29-26-,33-32-,36-35-,39-38-,43-30-. The molecule has 0 aliphatic rings. The summed E-state index contributed by atoms with van der Waals surface area (Å²) in [6.07, 6.45) is 88.4. The van der Waals surface area contributed by atoms with Gasteiger partial charge in [0.2, 0.25) is 0 Å². The third-order valence-electron chi connectivity index (χ3n) is 14.3. The predicted octanol–water partition coefficient (Wildman–Crippen LogP) is 22.8. The van der Waals surface area contributed by atoms with Crippen LogP contribution in [-0.2, 0) is 28.6 Å². The molecular weight excluding hydrogens is 961 g/mol. The third-order valence-corrected chi connectivity index (χ3v) is 14.3. The van der Waals surface area contributed by atoms with Crippen molar-refractivity contribution in [3.8, 4) is 0 Å². The van der Waals surface area contributed by atoms with Crippen molar-refractivity contribution in [2.45, 2.75) is 329 Å². The summed E-state index contributed by atoms with van der Waals surface area (Å²) < 4.78 is 16.9. The maximum absolute atomic E-state index is 12.9. The van der Waals surface area contributed by atoms with Crippen LogP contribution in [-0.4, -0.2) is 37.2 Å². The minimum atomic E-state index is -0.788. The molecule has 0 aromatic carbocycles. The monoisotopic (exact) mass is 1080 g/mol. The summed E-state index contributed by atoms with van der Waals surface area (Å²) in [6, 6.07) is 0. The van der Waals surface area contributed by atoms with Gasteiger partial charge in [0, 0.05) is 19.3 Å². The Morgan fingerprint density at radius 3 is 0.795 bits per heavy atom. The smallest absolute Gasteiger partial charge is 0.306 e. The minimum absolute atomic E-state index is 0.0847. The quantitative estimate of drug-likeness (QED) is 0.0261. The number of esters is 3. The first-order valence-electron chi connectivity index (χ1n) is 33.2. The largest absolute Gasteiger partial charge is 0.462 e. The van der Waals surface area contributed by atoms with Crippen LogP contribution < -0.4 is 0 Å². The molecule has 0 saturated carbocycles. The van der Waals surface area contributed by atoms with Crippen LogP contribution in [0.3, 0.4) is 0 Å². The lowest BCUT2D eigenvalue weighted by atomic mass is 10.1. The van der Waals surface area contributed by atoms with Gasteiger partial charge in [0.05, 0.1) is 0 Å². The highest BCUT2D eigenvalue weighted by atomic mass is 16.6. The van der Waals surface area contributed by atoms with E-state index in [-0.39, 0.29) is 31.1 Å². The second-order valence-corrected chi connectivity index (χ2v) is 22.0. The van der Waals surface area contributed by atoms with E-state index in [1.807, 2.05) is 0 Å². The van der Waals surface area contributed by atoms with Gasteiger partial charge in [0.25, 0.3) is 0 Å². The zero-order valence-electron chi connectivity index (χ0n) is 51.4. The zero-order valence-corrected chi connectivity index (χ0v) is 51.4. The van der Waals surface area contributed by atoms with Crippen molar-refractivity contribution in [2.75, 3.05) is 13.2 Å². The molecule has 0 aromatic heterocycles. The van der Waals surface area contributed by atoms with Crippen LogP contribution >= 0.6 is 0 Å². The number of unbranched alkanes of at least 4 members (excludes halogenated alkanes) is 33. The number of hydrogen-bond donors (Lipinski definition) is 0. The highest BCUT2D eigenvalue weighted by Crippen LogP contribution is 2.16. The fourth-order valence-electron chi connectivity index (χ4n) is 9.32. The maximum atomic E-state index is 12.9. The first-order valence-corrected chi connectivity index (χ1v) is 33.2. The van der Waals surface area contributed by atoms with Crippen molar-refractivity contribution in [1.29, 1.82) is 0 Å². The number of carbonyl (C=O) groups excluding carboxylic acids is 3. The van der Waals surface area contributed by atoms with Gasteiger partial charge in [-0.15, -0.1) is 0 Å². The molecule has 0 aliphatic carbocycles. The summed E-state index contributed by atoms with van der Waals surface area (Å²) in [7, 11) is 0. The first-order chi connectivity index (χ1) is 38.5. The van der Waals surface area contributed by atoms with Gasteiger partial charge in [-0.25, -0.2) is 0 Å². The zero-order chi connectivity index (χ0) is 56.4. The van der Waals surface area contributed by atoms with Crippen LogP contribution in [0.1, 0.15) is 323 Å². The van der Waals surface area contributed by atoms with Crippen LogP contribution in [0.4, 0.5) is 0 Å². The van der Waals surface area contributed by atoms with Gasteiger partial charge in [0.1, 0.15) is 13.2 Å². The van der Waals surface area contributed by atoms with Gasteiger partial charge in [-0.3, -0.25) is 14.4 Å². The highest BCUT2D eigenvalue weighted by Gasteiger charge is 2.19. The number of ether oxygens (including phenoxy) is 3. The van der Waals surface area contributed by atoms with Gasteiger partial charge in [-0.1, -0.05) is 279 Å². The normalized spacial score (nSPS) is 12.7. The van der Waals surface area contributed by atoms with E-state index in [4.69, 9.17) is 14.2 Å².